The second kappa shape index (κ2) is 7.14. The zero-order chi connectivity index (χ0) is 14.4. The van der Waals surface area contributed by atoms with Crippen LogP contribution < -0.4 is 11.1 Å². The molecule has 2 amide bonds. The number of rotatable bonds is 5. The number of nitrogens with two attached hydrogens (primary N) is 1. The average Bonchev–Trinajstić information content (AvgIpc) is 2.40. The highest BCUT2D eigenvalue weighted by Gasteiger charge is 2.16. The summed E-state index contributed by atoms with van der Waals surface area (Å²) in [5, 5.41) is 2.92. The first-order valence-electron chi connectivity index (χ1n) is 6.88. The van der Waals surface area contributed by atoms with Gasteiger partial charge in [0.1, 0.15) is 0 Å². The predicted octanol–water partition coefficient (Wildman–Crippen LogP) is 3.36. The predicted molar refractivity (Wildman–Crippen MR) is 80.2 cm³/mol. The van der Waals surface area contributed by atoms with Crippen molar-refractivity contribution in [1.29, 1.82) is 0 Å². The maximum absolute atomic E-state index is 12.1. The first-order chi connectivity index (χ1) is 8.99. The van der Waals surface area contributed by atoms with Crippen LogP contribution in [0.15, 0.2) is 24.3 Å². The van der Waals surface area contributed by atoms with Gasteiger partial charge in [-0.2, -0.15) is 0 Å². The number of benzene rings is 1. The second-order valence-corrected chi connectivity index (χ2v) is 4.93. The standard InChI is InChI=1S/C15H25N3O/c1-5-14(6-2)18(4)15(19)17-13-9-7-8-12(10-13)11(3)16/h7-11,14H,5-6,16H2,1-4H3,(H,17,19). The zero-order valence-corrected chi connectivity index (χ0v) is 12.3. The van der Waals surface area contributed by atoms with Crippen LogP contribution in [0, 0.1) is 0 Å². The largest absolute Gasteiger partial charge is 0.325 e. The number of amides is 2. The van der Waals surface area contributed by atoms with E-state index in [2.05, 4.69) is 19.2 Å². The summed E-state index contributed by atoms with van der Waals surface area (Å²) < 4.78 is 0. The molecule has 0 aliphatic rings. The van der Waals surface area contributed by atoms with Gasteiger partial charge in [0.2, 0.25) is 0 Å². The first kappa shape index (κ1) is 15.5. The lowest BCUT2D eigenvalue weighted by Gasteiger charge is -2.26. The molecule has 4 nitrogen and oxygen atoms in total. The van der Waals surface area contributed by atoms with Crippen LogP contribution >= 0.6 is 0 Å². The number of carbonyl (C=O) groups is 1. The number of hydrogen-bond donors (Lipinski definition) is 2. The van der Waals surface area contributed by atoms with E-state index in [1.54, 1.807) is 4.90 Å². The van der Waals surface area contributed by atoms with E-state index in [0.29, 0.717) is 0 Å². The Morgan fingerprint density at radius 2 is 2.00 bits per heavy atom. The molecular weight excluding hydrogens is 238 g/mol. The fraction of sp³-hybridized carbons (Fsp3) is 0.533. The van der Waals surface area contributed by atoms with Gasteiger partial charge in [0.05, 0.1) is 0 Å². The minimum absolute atomic E-state index is 0.0337. The van der Waals surface area contributed by atoms with Crippen LogP contribution in [0.3, 0.4) is 0 Å². The number of nitrogens with one attached hydrogen (secondary N) is 1. The second-order valence-electron chi connectivity index (χ2n) is 4.93. The van der Waals surface area contributed by atoms with Gasteiger partial charge in [0.15, 0.2) is 0 Å². The van der Waals surface area contributed by atoms with Crippen LogP contribution in [0.4, 0.5) is 10.5 Å². The molecule has 1 atom stereocenters. The summed E-state index contributed by atoms with van der Waals surface area (Å²) in [6.07, 6.45) is 1.92. The Morgan fingerprint density at radius 1 is 1.37 bits per heavy atom. The molecule has 1 aromatic carbocycles. The summed E-state index contributed by atoms with van der Waals surface area (Å²) in [7, 11) is 1.84. The Labute approximate surface area is 116 Å². The molecule has 0 aromatic heterocycles. The van der Waals surface area contributed by atoms with Crippen molar-refractivity contribution in [1.82, 2.24) is 4.90 Å². The number of carbonyl (C=O) groups excluding carboxylic acids is 1. The Bertz CT molecular complexity index is 414. The smallest absolute Gasteiger partial charge is 0.321 e. The lowest BCUT2D eigenvalue weighted by atomic mass is 10.1. The monoisotopic (exact) mass is 263 g/mol. The lowest BCUT2D eigenvalue weighted by molar-refractivity contribution is 0.200. The lowest BCUT2D eigenvalue weighted by Crippen LogP contribution is -2.39. The minimum atomic E-state index is -0.0736. The molecule has 0 spiro atoms. The molecule has 0 fully saturated rings. The molecular formula is C15H25N3O. The Kier molecular flexibility index (Phi) is 5.83. The van der Waals surface area contributed by atoms with Crippen molar-refractivity contribution in [2.75, 3.05) is 12.4 Å². The Hall–Kier alpha value is -1.55. The molecule has 1 aromatic rings. The van der Waals surface area contributed by atoms with Crippen molar-refractivity contribution >= 4 is 11.7 Å². The van der Waals surface area contributed by atoms with Gasteiger partial charge in [0, 0.05) is 24.8 Å². The highest BCUT2D eigenvalue weighted by atomic mass is 16.2. The van der Waals surface area contributed by atoms with Crippen LogP contribution in [-0.2, 0) is 0 Å². The van der Waals surface area contributed by atoms with Gasteiger partial charge in [-0.1, -0.05) is 26.0 Å². The molecule has 0 saturated carbocycles. The van der Waals surface area contributed by atoms with Crippen molar-refractivity contribution in [2.45, 2.75) is 45.7 Å². The zero-order valence-electron chi connectivity index (χ0n) is 12.3. The van der Waals surface area contributed by atoms with Gasteiger partial charge in [-0.15, -0.1) is 0 Å². The van der Waals surface area contributed by atoms with Gasteiger partial charge in [-0.05, 0) is 37.5 Å². The molecule has 1 unspecified atom stereocenters. The number of nitrogens with zero attached hydrogens (tertiary/aromatic N) is 1. The normalized spacial score (nSPS) is 12.3. The summed E-state index contributed by atoms with van der Waals surface area (Å²) in [4.78, 5) is 13.9. The van der Waals surface area contributed by atoms with Crippen molar-refractivity contribution in [3.05, 3.63) is 29.8 Å². The van der Waals surface area contributed by atoms with Crippen LogP contribution in [0.5, 0.6) is 0 Å². The quantitative estimate of drug-likeness (QED) is 0.855. The van der Waals surface area contributed by atoms with Crippen LogP contribution in [0.25, 0.3) is 0 Å². The maximum Gasteiger partial charge on any atom is 0.321 e. The van der Waals surface area contributed by atoms with E-state index in [-0.39, 0.29) is 18.1 Å². The highest BCUT2D eigenvalue weighted by Crippen LogP contribution is 2.16. The summed E-state index contributed by atoms with van der Waals surface area (Å²) in [5.74, 6) is 0. The average molecular weight is 263 g/mol. The van der Waals surface area contributed by atoms with E-state index in [1.165, 1.54) is 0 Å². The topological polar surface area (TPSA) is 58.4 Å². The van der Waals surface area contributed by atoms with E-state index in [0.717, 1.165) is 24.1 Å². The molecule has 1 rings (SSSR count). The van der Waals surface area contributed by atoms with E-state index in [1.807, 2.05) is 38.2 Å². The summed E-state index contributed by atoms with van der Waals surface area (Å²) in [6, 6.07) is 7.84. The van der Waals surface area contributed by atoms with Crippen LogP contribution in [-0.4, -0.2) is 24.0 Å². The first-order valence-corrected chi connectivity index (χ1v) is 6.88. The maximum atomic E-state index is 12.1. The Balaban J connectivity index is 2.73. The fourth-order valence-electron chi connectivity index (χ4n) is 2.11. The molecule has 3 N–H and O–H groups in total. The molecule has 0 aliphatic heterocycles. The number of anilines is 1. The molecule has 4 heteroatoms. The van der Waals surface area contributed by atoms with E-state index >= 15 is 0 Å². The molecule has 0 heterocycles. The third-order valence-electron chi connectivity index (χ3n) is 3.47. The third-order valence-corrected chi connectivity index (χ3v) is 3.47. The van der Waals surface area contributed by atoms with E-state index < -0.39 is 0 Å². The van der Waals surface area contributed by atoms with Crippen molar-refractivity contribution in [3.8, 4) is 0 Å². The number of hydrogen-bond acceptors (Lipinski definition) is 2. The van der Waals surface area contributed by atoms with Crippen molar-refractivity contribution in [3.63, 3.8) is 0 Å². The molecule has 19 heavy (non-hydrogen) atoms. The van der Waals surface area contributed by atoms with Crippen molar-refractivity contribution < 1.29 is 4.79 Å². The molecule has 0 bridgehead atoms. The fourth-order valence-corrected chi connectivity index (χ4v) is 2.11. The molecule has 106 valence electrons. The summed E-state index contributed by atoms with van der Waals surface area (Å²) in [6.45, 7) is 6.11. The van der Waals surface area contributed by atoms with Gasteiger partial charge in [-0.3, -0.25) is 0 Å². The van der Waals surface area contributed by atoms with Crippen molar-refractivity contribution in [2.24, 2.45) is 5.73 Å². The SMILES string of the molecule is CCC(CC)N(C)C(=O)Nc1cccc(C(C)N)c1. The van der Waals surface area contributed by atoms with E-state index in [9.17, 15) is 4.79 Å². The van der Waals surface area contributed by atoms with Gasteiger partial charge in [0.25, 0.3) is 0 Å². The van der Waals surface area contributed by atoms with Crippen LogP contribution in [0.2, 0.25) is 0 Å². The molecule has 0 saturated heterocycles. The summed E-state index contributed by atoms with van der Waals surface area (Å²) in [5.41, 5.74) is 7.65. The van der Waals surface area contributed by atoms with Gasteiger partial charge >= 0.3 is 6.03 Å². The van der Waals surface area contributed by atoms with E-state index in [4.69, 9.17) is 5.73 Å². The minimum Gasteiger partial charge on any atom is -0.325 e. The highest BCUT2D eigenvalue weighted by molar-refractivity contribution is 5.89. The van der Waals surface area contributed by atoms with Gasteiger partial charge < -0.3 is 16.0 Å². The molecule has 0 radical (unpaired) electrons. The van der Waals surface area contributed by atoms with Gasteiger partial charge in [-0.25, -0.2) is 4.79 Å². The third kappa shape index (κ3) is 4.24. The molecule has 0 aliphatic carbocycles. The Morgan fingerprint density at radius 3 is 2.53 bits per heavy atom. The van der Waals surface area contributed by atoms with Crippen LogP contribution in [0.1, 0.15) is 45.2 Å². The summed E-state index contributed by atoms with van der Waals surface area (Å²) >= 11 is 0. The number of urea groups is 1.